The maximum Gasteiger partial charge on any atom is 0.0417 e. The topological polar surface area (TPSA) is 12.0 Å². The van der Waals surface area contributed by atoms with Gasteiger partial charge in [0.25, 0.3) is 0 Å². The molecule has 0 aliphatic rings. The fraction of sp³-hybridized carbons (Fsp3) is 0.364. The Kier molecular flexibility index (Phi) is 12.4. The third kappa shape index (κ3) is 7.69. The van der Waals surface area contributed by atoms with E-state index in [1.54, 1.807) is 0 Å². The molecule has 0 aliphatic carbocycles. The summed E-state index contributed by atoms with van der Waals surface area (Å²) in [7, 11) is 0. The van der Waals surface area contributed by atoms with E-state index in [1.807, 2.05) is 33.8 Å². The minimum Gasteiger partial charge on any atom is -0.355 e. The monoisotopic (exact) mass is 311 g/mol. The molecule has 0 amide bonds. The van der Waals surface area contributed by atoms with E-state index in [1.165, 1.54) is 16.8 Å². The van der Waals surface area contributed by atoms with Gasteiger partial charge in [-0.2, -0.15) is 0 Å². The zero-order chi connectivity index (χ0) is 17.5. The first kappa shape index (κ1) is 21.0. The molecule has 0 aliphatic heterocycles. The molecule has 2 aromatic rings. The third-order valence-electron chi connectivity index (χ3n) is 3.13. The minimum atomic E-state index is 1.02. The van der Waals surface area contributed by atoms with Gasteiger partial charge in [0.2, 0.25) is 0 Å². The van der Waals surface area contributed by atoms with Gasteiger partial charge in [-0.3, -0.25) is 0 Å². The van der Waals surface area contributed by atoms with Crippen LogP contribution in [0.4, 0.5) is 5.69 Å². The molecule has 0 saturated heterocycles. The molecule has 0 radical (unpaired) electrons. The molecule has 0 heterocycles. The van der Waals surface area contributed by atoms with Gasteiger partial charge in [-0.05, 0) is 36.1 Å². The predicted octanol–water partition coefficient (Wildman–Crippen LogP) is 7.16. The van der Waals surface area contributed by atoms with Crippen LogP contribution in [0.1, 0.15) is 59.1 Å². The van der Waals surface area contributed by atoms with Crippen molar-refractivity contribution in [3.8, 4) is 0 Å². The smallest absolute Gasteiger partial charge is 0.0417 e. The molecule has 0 atom stereocenters. The van der Waals surface area contributed by atoms with Crippen molar-refractivity contribution < 1.29 is 0 Å². The number of hydrogen-bond acceptors (Lipinski definition) is 1. The van der Waals surface area contributed by atoms with Gasteiger partial charge >= 0.3 is 0 Å². The highest BCUT2D eigenvalue weighted by molar-refractivity contribution is 5.76. The van der Waals surface area contributed by atoms with E-state index in [9.17, 15) is 0 Å². The van der Waals surface area contributed by atoms with Crippen LogP contribution in [0, 0.1) is 0 Å². The van der Waals surface area contributed by atoms with E-state index >= 15 is 0 Å². The van der Waals surface area contributed by atoms with Crippen molar-refractivity contribution in [2.24, 2.45) is 0 Å². The molecular formula is C22H33N. The molecule has 0 fully saturated rings. The Morgan fingerprint density at radius 3 is 1.87 bits per heavy atom. The van der Waals surface area contributed by atoms with Crippen molar-refractivity contribution >= 4 is 11.4 Å². The number of benzene rings is 2. The highest BCUT2D eigenvalue weighted by Gasteiger charge is 2.01. The average molecular weight is 312 g/mol. The van der Waals surface area contributed by atoms with Crippen LogP contribution >= 0.6 is 0 Å². The SMILES string of the molecule is CC.CC.CC/C=C(/Nc1ccc(CC)cc1)c1ccccc1. The molecule has 2 rings (SSSR count). The summed E-state index contributed by atoms with van der Waals surface area (Å²) in [4.78, 5) is 0. The highest BCUT2D eigenvalue weighted by atomic mass is 14.9. The Labute approximate surface area is 143 Å². The van der Waals surface area contributed by atoms with E-state index in [-0.39, 0.29) is 0 Å². The van der Waals surface area contributed by atoms with Gasteiger partial charge in [-0.25, -0.2) is 0 Å². The van der Waals surface area contributed by atoms with Crippen molar-refractivity contribution in [3.63, 3.8) is 0 Å². The molecule has 23 heavy (non-hydrogen) atoms. The van der Waals surface area contributed by atoms with Gasteiger partial charge in [0.1, 0.15) is 0 Å². The van der Waals surface area contributed by atoms with Crippen molar-refractivity contribution in [2.75, 3.05) is 5.32 Å². The molecule has 1 N–H and O–H groups in total. The molecular weight excluding hydrogens is 278 g/mol. The fourth-order valence-electron chi connectivity index (χ4n) is 2.04. The number of nitrogens with one attached hydrogen (secondary N) is 1. The Morgan fingerprint density at radius 2 is 1.39 bits per heavy atom. The maximum absolute atomic E-state index is 3.51. The zero-order valence-electron chi connectivity index (χ0n) is 15.7. The second-order valence-electron chi connectivity index (χ2n) is 4.57. The molecule has 0 unspecified atom stereocenters. The van der Waals surface area contributed by atoms with Crippen molar-refractivity contribution in [3.05, 3.63) is 71.8 Å². The van der Waals surface area contributed by atoms with Gasteiger partial charge in [-0.1, -0.05) is 90.1 Å². The first-order valence-electron chi connectivity index (χ1n) is 8.95. The average Bonchev–Trinajstić information content (AvgIpc) is 2.66. The lowest BCUT2D eigenvalue weighted by Crippen LogP contribution is -1.99. The van der Waals surface area contributed by atoms with Crippen LogP contribution in [0.25, 0.3) is 5.70 Å². The van der Waals surface area contributed by atoms with Crippen LogP contribution < -0.4 is 5.32 Å². The summed E-state index contributed by atoms with van der Waals surface area (Å²) >= 11 is 0. The van der Waals surface area contributed by atoms with Crippen LogP contribution in [0.15, 0.2) is 60.7 Å². The lowest BCUT2D eigenvalue weighted by atomic mass is 10.1. The summed E-state index contributed by atoms with van der Waals surface area (Å²) < 4.78 is 0. The standard InChI is InChI=1S/C18H21N.2C2H6/c1-3-8-18(16-9-6-5-7-10-16)19-17-13-11-15(4-2)12-14-17;2*1-2/h5-14,19H,3-4H2,1-2H3;2*1-2H3/b18-8+;;. The van der Waals surface area contributed by atoms with Crippen LogP contribution in [-0.4, -0.2) is 0 Å². The van der Waals surface area contributed by atoms with Gasteiger partial charge in [0.15, 0.2) is 0 Å². The molecule has 2 aromatic carbocycles. The van der Waals surface area contributed by atoms with E-state index in [4.69, 9.17) is 0 Å². The number of hydrogen-bond donors (Lipinski definition) is 1. The largest absolute Gasteiger partial charge is 0.355 e. The summed E-state index contributed by atoms with van der Waals surface area (Å²) in [6.45, 7) is 12.3. The van der Waals surface area contributed by atoms with Crippen LogP contribution in [-0.2, 0) is 6.42 Å². The van der Waals surface area contributed by atoms with E-state index in [0.717, 1.165) is 18.5 Å². The van der Waals surface area contributed by atoms with Gasteiger partial charge < -0.3 is 5.32 Å². The lowest BCUT2D eigenvalue weighted by Gasteiger charge is -2.12. The van der Waals surface area contributed by atoms with Crippen LogP contribution in [0.3, 0.4) is 0 Å². The van der Waals surface area contributed by atoms with Crippen LogP contribution in [0.2, 0.25) is 0 Å². The third-order valence-corrected chi connectivity index (χ3v) is 3.13. The molecule has 1 heteroatoms. The van der Waals surface area contributed by atoms with Crippen LogP contribution in [0.5, 0.6) is 0 Å². The molecule has 126 valence electrons. The number of allylic oxidation sites excluding steroid dienone is 1. The number of anilines is 1. The highest BCUT2D eigenvalue weighted by Crippen LogP contribution is 2.19. The van der Waals surface area contributed by atoms with E-state index < -0.39 is 0 Å². The fourth-order valence-corrected chi connectivity index (χ4v) is 2.04. The van der Waals surface area contributed by atoms with Crippen molar-refractivity contribution in [1.29, 1.82) is 0 Å². The Bertz CT molecular complexity index is 524. The number of rotatable bonds is 5. The summed E-state index contributed by atoms with van der Waals surface area (Å²) in [6.07, 6.45) is 4.32. The van der Waals surface area contributed by atoms with Crippen molar-refractivity contribution in [2.45, 2.75) is 54.4 Å². The quantitative estimate of drug-likeness (QED) is 0.617. The number of aryl methyl sites for hydroxylation is 1. The second kappa shape index (κ2) is 13.6. The van der Waals surface area contributed by atoms with Gasteiger partial charge in [0, 0.05) is 11.4 Å². The summed E-state index contributed by atoms with van der Waals surface area (Å²) in [6, 6.07) is 19.1. The Morgan fingerprint density at radius 1 is 0.826 bits per heavy atom. The minimum absolute atomic E-state index is 1.02. The Hall–Kier alpha value is -2.02. The molecule has 0 aromatic heterocycles. The first-order chi connectivity index (χ1) is 11.3. The summed E-state index contributed by atoms with van der Waals surface area (Å²) in [5.41, 5.74) is 4.91. The van der Waals surface area contributed by atoms with Crippen molar-refractivity contribution in [1.82, 2.24) is 0 Å². The molecule has 0 spiro atoms. The zero-order valence-corrected chi connectivity index (χ0v) is 15.7. The predicted molar refractivity (Wildman–Crippen MR) is 107 cm³/mol. The van der Waals surface area contributed by atoms with Gasteiger partial charge in [0.05, 0.1) is 0 Å². The van der Waals surface area contributed by atoms with E-state index in [2.05, 4.69) is 73.8 Å². The van der Waals surface area contributed by atoms with E-state index in [0.29, 0.717) is 0 Å². The summed E-state index contributed by atoms with van der Waals surface area (Å²) in [5, 5.41) is 3.51. The molecule has 0 saturated carbocycles. The molecule has 1 nitrogen and oxygen atoms in total. The summed E-state index contributed by atoms with van der Waals surface area (Å²) in [5.74, 6) is 0. The Balaban J connectivity index is 0.00000112. The first-order valence-corrected chi connectivity index (χ1v) is 8.95. The second-order valence-corrected chi connectivity index (χ2v) is 4.57. The van der Waals surface area contributed by atoms with Gasteiger partial charge in [-0.15, -0.1) is 0 Å². The lowest BCUT2D eigenvalue weighted by molar-refractivity contribution is 1.14. The maximum atomic E-state index is 3.51. The molecule has 0 bridgehead atoms. The normalized spacial score (nSPS) is 9.91.